The first-order chi connectivity index (χ1) is 7.29. The fraction of sp³-hybridized carbons (Fsp3) is 0.111. The maximum Gasteiger partial charge on any atom is 0.178 e. The molecule has 3 nitrogen and oxygen atoms in total. The maximum atomic E-state index is 9.18. The molecule has 78 valence electrons. The van der Waals surface area contributed by atoms with Crippen LogP contribution in [0.4, 0.5) is 0 Å². The van der Waals surface area contributed by atoms with Crippen LogP contribution >= 0.6 is 39.0 Å². The molecule has 1 N–H and O–H groups in total. The molecule has 2 aromatic rings. The number of aliphatic hydroxyl groups excluding tert-OH is 1. The summed E-state index contributed by atoms with van der Waals surface area (Å²) in [7, 11) is 0. The van der Waals surface area contributed by atoms with Crippen molar-refractivity contribution >= 4 is 39.0 Å². The van der Waals surface area contributed by atoms with Crippen molar-refractivity contribution in [2.45, 2.75) is 15.8 Å². The number of halogens is 1. The van der Waals surface area contributed by atoms with Gasteiger partial charge in [0.2, 0.25) is 0 Å². The van der Waals surface area contributed by atoms with Crippen LogP contribution in [-0.2, 0) is 6.61 Å². The molecule has 0 radical (unpaired) electrons. The molecule has 0 fully saturated rings. The van der Waals surface area contributed by atoms with E-state index < -0.39 is 0 Å². The highest BCUT2D eigenvalue weighted by molar-refractivity contribution is 9.10. The van der Waals surface area contributed by atoms with Gasteiger partial charge in [-0.2, -0.15) is 0 Å². The summed E-state index contributed by atoms with van der Waals surface area (Å²) in [6, 6.07) is 5.78. The van der Waals surface area contributed by atoms with E-state index in [1.807, 2.05) is 18.2 Å². The van der Waals surface area contributed by atoms with Crippen molar-refractivity contribution in [2.24, 2.45) is 0 Å². The molecule has 0 aliphatic carbocycles. The largest absolute Gasteiger partial charge is 0.392 e. The van der Waals surface area contributed by atoms with Crippen LogP contribution in [0.2, 0.25) is 0 Å². The first-order valence-corrected chi connectivity index (χ1v) is 6.62. The molecule has 0 aliphatic rings. The second kappa shape index (κ2) is 5.07. The van der Waals surface area contributed by atoms with E-state index >= 15 is 0 Å². The van der Waals surface area contributed by atoms with E-state index in [9.17, 15) is 5.11 Å². The normalized spacial score (nSPS) is 10.5. The molecule has 0 bridgehead atoms. The van der Waals surface area contributed by atoms with Gasteiger partial charge >= 0.3 is 0 Å². The van der Waals surface area contributed by atoms with E-state index in [0.29, 0.717) is 0 Å². The van der Waals surface area contributed by atoms with Gasteiger partial charge in [-0.3, -0.25) is 0 Å². The molecule has 0 unspecified atom stereocenters. The lowest BCUT2D eigenvalue weighted by Gasteiger charge is -2.04. The van der Waals surface area contributed by atoms with Crippen molar-refractivity contribution in [1.29, 1.82) is 0 Å². The van der Waals surface area contributed by atoms with Crippen LogP contribution in [0, 0.1) is 0 Å². The highest BCUT2D eigenvalue weighted by atomic mass is 79.9. The Labute approximate surface area is 104 Å². The zero-order valence-electron chi connectivity index (χ0n) is 7.55. The van der Waals surface area contributed by atoms with Gasteiger partial charge in [-0.1, -0.05) is 45.1 Å². The average Bonchev–Trinajstić information content (AvgIpc) is 2.71. The molecule has 0 atom stereocenters. The van der Waals surface area contributed by atoms with E-state index in [0.717, 1.165) is 19.3 Å². The first kappa shape index (κ1) is 11.1. The molecular formula is C9H7BrN2OS2. The molecule has 6 heteroatoms. The van der Waals surface area contributed by atoms with Crippen molar-refractivity contribution in [1.82, 2.24) is 10.2 Å². The Morgan fingerprint density at radius 3 is 3.00 bits per heavy atom. The molecule has 1 aromatic heterocycles. The number of benzene rings is 1. The fourth-order valence-corrected chi connectivity index (χ4v) is 3.16. The Balaban J connectivity index is 2.30. The second-order valence-electron chi connectivity index (χ2n) is 2.72. The van der Waals surface area contributed by atoms with Gasteiger partial charge in [-0.05, 0) is 17.7 Å². The Morgan fingerprint density at radius 2 is 2.33 bits per heavy atom. The summed E-state index contributed by atoms with van der Waals surface area (Å²) >= 11 is 6.40. The van der Waals surface area contributed by atoms with Crippen molar-refractivity contribution in [3.63, 3.8) is 0 Å². The Morgan fingerprint density at radius 1 is 1.47 bits per heavy atom. The highest BCUT2D eigenvalue weighted by Gasteiger charge is 2.06. The monoisotopic (exact) mass is 302 g/mol. The quantitative estimate of drug-likeness (QED) is 0.947. The first-order valence-electron chi connectivity index (χ1n) is 4.13. The van der Waals surface area contributed by atoms with Crippen molar-refractivity contribution in [2.75, 3.05) is 0 Å². The third-order valence-corrected chi connectivity index (χ3v) is 4.11. The molecule has 0 aliphatic heterocycles. The number of hydrogen-bond acceptors (Lipinski definition) is 5. The minimum absolute atomic E-state index is 0.0361. The van der Waals surface area contributed by atoms with Crippen LogP contribution in [0.15, 0.2) is 37.4 Å². The molecule has 0 spiro atoms. The zero-order chi connectivity index (χ0) is 10.7. The van der Waals surface area contributed by atoms with Crippen molar-refractivity contribution in [3.8, 4) is 0 Å². The lowest BCUT2D eigenvalue weighted by molar-refractivity contribution is 0.279. The number of hydrogen-bond donors (Lipinski definition) is 1. The van der Waals surface area contributed by atoms with Gasteiger partial charge in [-0.15, -0.1) is 10.2 Å². The van der Waals surface area contributed by atoms with Crippen LogP contribution in [0.25, 0.3) is 0 Å². The molecular weight excluding hydrogens is 296 g/mol. The molecule has 15 heavy (non-hydrogen) atoms. The Hall–Kier alpha value is -0.430. The van der Waals surface area contributed by atoms with Crippen LogP contribution in [-0.4, -0.2) is 15.3 Å². The number of aliphatic hydroxyl groups is 1. The van der Waals surface area contributed by atoms with E-state index in [4.69, 9.17) is 0 Å². The standard InChI is InChI=1S/C9H7BrN2OS2/c10-7-2-1-6(4-13)8(3-7)15-9-12-11-5-14-9/h1-3,5,13H,4H2. The molecule has 1 heterocycles. The fourth-order valence-electron chi connectivity index (χ4n) is 1.06. The summed E-state index contributed by atoms with van der Waals surface area (Å²) in [5.41, 5.74) is 2.59. The van der Waals surface area contributed by atoms with Gasteiger partial charge in [0, 0.05) is 9.37 Å². The molecule has 0 saturated carbocycles. The third-order valence-electron chi connectivity index (χ3n) is 1.74. The lowest BCUT2D eigenvalue weighted by Crippen LogP contribution is -1.87. The smallest absolute Gasteiger partial charge is 0.178 e. The SMILES string of the molecule is OCc1ccc(Br)cc1Sc1nncs1. The summed E-state index contributed by atoms with van der Waals surface area (Å²) in [6.45, 7) is 0.0361. The topological polar surface area (TPSA) is 46.0 Å². The van der Waals surface area contributed by atoms with E-state index in [-0.39, 0.29) is 6.61 Å². The summed E-state index contributed by atoms with van der Waals surface area (Å²) in [4.78, 5) is 1.00. The predicted molar refractivity (Wildman–Crippen MR) is 64.1 cm³/mol. The molecule has 0 saturated heterocycles. The van der Waals surface area contributed by atoms with Crippen molar-refractivity contribution in [3.05, 3.63) is 33.7 Å². The van der Waals surface area contributed by atoms with E-state index in [2.05, 4.69) is 26.1 Å². The van der Waals surface area contributed by atoms with Crippen LogP contribution in [0.5, 0.6) is 0 Å². The summed E-state index contributed by atoms with van der Waals surface area (Å²) < 4.78 is 1.87. The maximum absolute atomic E-state index is 9.18. The summed E-state index contributed by atoms with van der Waals surface area (Å²) in [5, 5.41) is 16.9. The Kier molecular flexibility index (Phi) is 3.74. The lowest BCUT2D eigenvalue weighted by atomic mass is 10.2. The van der Waals surface area contributed by atoms with Gasteiger partial charge in [0.15, 0.2) is 4.34 Å². The second-order valence-corrected chi connectivity index (χ2v) is 5.75. The predicted octanol–water partition coefficient (Wildman–Crippen LogP) is 2.94. The van der Waals surface area contributed by atoms with Gasteiger partial charge < -0.3 is 5.11 Å². The van der Waals surface area contributed by atoms with E-state index in [1.54, 1.807) is 5.51 Å². The van der Waals surface area contributed by atoms with Crippen molar-refractivity contribution < 1.29 is 5.11 Å². The van der Waals surface area contributed by atoms with Crippen LogP contribution < -0.4 is 0 Å². The van der Waals surface area contributed by atoms with Gasteiger partial charge in [-0.25, -0.2) is 0 Å². The third kappa shape index (κ3) is 2.78. The number of nitrogens with zero attached hydrogens (tertiary/aromatic N) is 2. The van der Waals surface area contributed by atoms with Gasteiger partial charge in [0.05, 0.1) is 6.61 Å². The minimum atomic E-state index is 0.0361. The van der Waals surface area contributed by atoms with Gasteiger partial charge in [0.1, 0.15) is 5.51 Å². The van der Waals surface area contributed by atoms with E-state index in [1.165, 1.54) is 23.1 Å². The zero-order valence-corrected chi connectivity index (χ0v) is 10.8. The summed E-state index contributed by atoms with van der Waals surface area (Å²) in [5.74, 6) is 0. The highest BCUT2D eigenvalue weighted by Crippen LogP contribution is 2.33. The van der Waals surface area contributed by atoms with Crippen LogP contribution in [0.1, 0.15) is 5.56 Å². The molecule has 0 amide bonds. The molecule has 1 aromatic carbocycles. The number of aromatic nitrogens is 2. The van der Waals surface area contributed by atoms with Crippen LogP contribution in [0.3, 0.4) is 0 Å². The average molecular weight is 303 g/mol. The van der Waals surface area contributed by atoms with Gasteiger partial charge in [0.25, 0.3) is 0 Å². The summed E-state index contributed by atoms with van der Waals surface area (Å²) in [6.07, 6.45) is 0. The molecule has 2 rings (SSSR count). The minimum Gasteiger partial charge on any atom is -0.392 e. The Bertz CT molecular complexity index is 447. The number of rotatable bonds is 3.